The monoisotopic (exact) mass is 285 g/mol. The highest BCUT2D eigenvalue weighted by atomic mass is 35.5. The highest BCUT2D eigenvalue weighted by Crippen LogP contribution is 2.30. The largest absolute Gasteiger partial charge is 0.396 e. The van der Waals surface area contributed by atoms with Gasteiger partial charge < -0.3 is 10.4 Å². The first-order chi connectivity index (χ1) is 9.11. The summed E-state index contributed by atoms with van der Waals surface area (Å²) in [6.45, 7) is 2.80. The summed E-state index contributed by atoms with van der Waals surface area (Å²) in [5.41, 5.74) is 0.262. The first kappa shape index (κ1) is 14.3. The molecule has 5 nitrogen and oxygen atoms in total. The number of aromatic nitrogens is 2. The number of aliphatic hydroxyl groups is 1. The molecule has 0 bridgehead atoms. The van der Waals surface area contributed by atoms with Crippen LogP contribution in [0.25, 0.3) is 0 Å². The quantitative estimate of drug-likeness (QED) is 0.803. The maximum atomic E-state index is 12.3. The molecular weight excluding hydrogens is 266 g/mol. The summed E-state index contributed by atoms with van der Waals surface area (Å²) < 4.78 is 1.49. The fraction of sp³-hybridized carbons (Fsp3) is 0.692. The van der Waals surface area contributed by atoms with Gasteiger partial charge in [0, 0.05) is 19.2 Å². The van der Waals surface area contributed by atoms with Gasteiger partial charge in [0.15, 0.2) is 0 Å². The summed E-state index contributed by atoms with van der Waals surface area (Å²) in [4.78, 5) is 12.3. The molecule has 0 saturated heterocycles. The zero-order chi connectivity index (χ0) is 13.8. The topological polar surface area (TPSA) is 67.2 Å². The first-order valence-corrected chi connectivity index (χ1v) is 7.12. The lowest BCUT2D eigenvalue weighted by Crippen LogP contribution is -2.29. The van der Waals surface area contributed by atoms with Gasteiger partial charge in [-0.25, -0.2) is 4.68 Å². The molecule has 1 atom stereocenters. The van der Waals surface area contributed by atoms with Crippen molar-refractivity contribution in [2.45, 2.75) is 45.2 Å². The van der Waals surface area contributed by atoms with Gasteiger partial charge in [-0.3, -0.25) is 4.79 Å². The Morgan fingerprint density at radius 2 is 2.37 bits per heavy atom. The molecule has 1 saturated carbocycles. The molecule has 2 rings (SSSR count). The summed E-state index contributed by atoms with van der Waals surface area (Å²) in [6.07, 6.45) is 5.36. The SMILES string of the molecule is CC(CCCO)Nc1c(Cl)cnn(CC2CC2)c1=O. The van der Waals surface area contributed by atoms with Crippen molar-refractivity contribution in [3.63, 3.8) is 0 Å². The first-order valence-electron chi connectivity index (χ1n) is 6.75. The van der Waals surface area contributed by atoms with Crippen molar-refractivity contribution in [2.75, 3.05) is 11.9 Å². The van der Waals surface area contributed by atoms with Crippen molar-refractivity contribution < 1.29 is 5.11 Å². The van der Waals surface area contributed by atoms with E-state index >= 15 is 0 Å². The van der Waals surface area contributed by atoms with E-state index in [-0.39, 0.29) is 18.2 Å². The molecule has 1 aliphatic rings. The van der Waals surface area contributed by atoms with Crippen LogP contribution in [0.15, 0.2) is 11.0 Å². The zero-order valence-corrected chi connectivity index (χ0v) is 11.9. The van der Waals surface area contributed by atoms with Crippen molar-refractivity contribution in [1.82, 2.24) is 9.78 Å². The molecule has 1 unspecified atom stereocenters. The van der Waals surface area contributed by atoms with Crippen LogP contribution in [0.2, 0.25) is 5.02 Å². The number of nitrogens with one attached hydrogen (secondary N) is 1. The van der Waals surface area contributed by atoms with Crippen LogP contribution in [0.4, 0.5) is 5.69 Å². The second kappa shape index (κ2) is 6.39. The Hall–Kier alpha value is -1.07. The number of anilines is 1. The van der Waals surface area contributed by atoms with Gasteiger partial charge in [-0.1, -0.05) is 11.6 Å². The van der Waals surface area contributed by atoms with Gasteiger partial charge in [-0.2, -0.15) is 5.10 Å². The summed E-state index contributed by atoms with van der Waals surface area (Å²) in [5.74, 6) is 0.589. The lowest BCUT2D eigenvalue weighted by atomic mass is 10.2. The molecule has 0 amide bonds. The number of nitrogens with zero attached hydrogens (tertiary/aromatic N) is 2. The molecule has 0 aliphatic heterocycles. The minimum absolute atomic E-state index is 0.0918. The number of hydrogen-bond donors (Lipinski definition) is 2. The van der Waals surface area contributed by atoms with Crippen molar-refractivity contribution in [3.8, 4) is 0 Å². The predicted octanol–water partition coefficient (Wildman–Crippen LogP) is 1.88. The molecule has 0 spiro atoms. The van der Waals surface area contributed by atoms with Crippen LogP contribution < -0.4 is 10.9 Å². The van der Waals surface area contributed by atoms with E-state index in [4.69, 9.17) is 16.7 Å². The van der Waals surface area contributed by atoms with E-state index in [1.807, 2.05) is 6.92 Å². The van der Waals surface area contributed by atoms with Crippen LogP contribution in [0, 0.1) is 5.92 Å². The Balaban J connectivity index is 2.11. The van der Waals surface area contributed by atoms with Crippen molar-refractivity contribution >= 4 is 17.3 Å². The summed E-state index contributed by atoms with van der Waals surface area (Å²) in [5, 5.41) is 16.4. The Kier molecular flexibility index (Phi) is 4.82. The van der Waals surface area contributed by atoms with Crippen LogP contribution >= 0.6 is 11.6 Å². The van der Waals surface area contributed by atoms with E-state index in [9.17, 15) is 4.79 Å². The third-order valence-electron chi connectivity index (χ3n) is 3.31. The molecule has 106 valence electrons. The molecule has 1 fully saturated rings. The van der Waals surface area contributed by atoms with E-state index in [1.165, 1.54) is 23.7 Å². The molecule has 2 N–H and O–H groups in total. The molecule has 19 heavy (non-hydrogen) atoms. The lowest BCUT2D eigenvalue weighted by Gasteiger charge is -2.16. The third-order valence-corrected chi connectivity index (χ3v) is 3.60. The molecule has 1 aliphatic carbocycles. The fourth-order valence-corrected chi connectivity index (χ4v) is 2.17. The van der Waals surface area contributed by atoms with E-state index in [0.717, 1.165) is 6.42 Å². The Morgan fingerprint density at radius 1 is 1.63 bits per heavy atom. The highest BCUT2D eigenvalue weighted by Gasteiger charge is 2.23. The van der Waals surface area contributed by atoms with E-state index in [1.54, 1.807) is 0 Å². The molecular formula is C13H20ClN3O2. The van der Waals surface area contributed by atoms with Gasteiger partial charge >= 0.3 is 0 Å². The van der Waals surface area contributed by atoms with Crippen molar-refractivity contribution in [3.05, 3.63) is 21.6 Å². The fourth-order valence-electron chi connectivity index (χ4n) is 1.99. The molecule has 0 aromatic carbocycles. The number of hydrogen-bond acceptors (Lipinski definition) is 4. The smallest absolute Gasteiger partial charge is 0.291 e. The normalized spacial score (nSPS) is 16.4. The average molecular weight is 286 g/mol. The van der Waals surface area contributed by atoms with E-state index < -0.39 is 0 Å². The maximum Gasteiger partial charge on any atom is 0.291 e. The lowest BCUT2D eigenvalue weighted by molar-refractivity contribution is 0.282. The van der Waals surface area contributed by atoms with E-state index in [2.05, 4.69) is 10.4 Å². The Labute approximate surface area is 117 Å². The second-order valence-corrected chi connectivity index (χ2v) is 5.62. The molecule has 1 heterocycles. The molecule has 1 aromatic heterocycles. The Bertz CT molecular complexity index is 485. The second-order valence-electron chi connectivity index (χ2n) is 5.21. The van der Waals surface area contributed by atoms with Crippen LogP contribution in [0.5, 0.6) is 0 Å². The van der Waals surface area contributed by atoms with Crippen molar-refractivity contribution in [1.29, 1.82) is 0 Å². The number of halogens is 1. The van der Waals surface area contributed by atoms with Crippen LogP contribution in [-0.2, 0) is 6.54 Å². The minimum Gasteiger partial charge on any atom is -0.396 e. The van der Waals surface area contributed by atoms with Crippen molar-refractivity contribution in [2.24, 2.45) is 5.92 Å². The number of rotatable bonds is 7. The predicted molar refractivity (Wildman–Crippen MR) is 75.6 cm³/mol. The summed E-state index contributed by atoms with van der Waals surface area (Å²) >= 11 is 6.04. The van der Waals surface area contributed by atoms with Crippen LogP contribution in [-0.4, -0.2) is 27.5 Å². The minimum atomic E-state index is -0.157. The highest BCUT2D eigenvalue weighted by molar-refractivity contribution is 6.33. The summed E-state index contributed by atoms with van der Waals surface area (Å²) in [7, 11) is 0. The Morgan fingerprint density at radius 3 is 3.00 bits per heavy atom. The molecule has 0 radical (unpaired) electrons. The van der Waals surface area contributed by atoms with Gasteiger partial charge in [0.25, 0.3) is 5.56 Å². The maximum absolute atomic E-state index is 12.3. The molecule has 6 heteroatoms. The van der Waals surface area contributed by atoms with Gasteiger partial charge in [-0.15, -0.1) is 0 Å². The van der Waals surface area contributed by atoms with E-state index in [0.29, 0.717) is 29.6 Å². The van der Waals surface area contributed by atoms with Crippen LogP contribution in [0.3, 0.4) is 0 Å². The zero-order valence-electron chi connectivity index (χ0n) is 11.1. The van der Waals surface area contributed by atoms with Gasteiger partial charge in [0.1, 0.15) is 5.69 Å². The van der Waals surface area contributed by atoms with Gasteiger partial charge in [0.05, 0.1) is 11.2 Å². The van der Waals surface area contributed by atoms with Gasteiger partial charge in [-0.05, 0) is 38.5 Å². The third kappa shape index (κ3) is 3.94. The average Bonchev–Trinajstić information content (AvgIpc) is 3.19. The molecule has 1 aromatic rings. The number of aliphatic hydroxyl groups excluding tert-OH is 1. The van der Waals surface area contributed by atoms with Gasteiger partial charge in [0.2, 0.25) is 0 Å². The van der Waals surface area contributed by atoms with Crippen LogP contribution in [0.1, 0.15) is 32.6 Å². The summed E-state index contributed by atoms with van der Waals surface area (Å²) in [6, 6.07) is 0.0918. The standard InChI is InChI=1S/C13H20ClN3O2/c1-9(3-2-6-18)16-12-11(14)7-15-17(13(12)19)8-10-4-5-10/h7,9-10,16,18H,2-6,8H2,1H3.